The molecule has 0 unspecified atom stereocenters. The predicted molar refractivity (Wildman–Crippen MR) is 91.4 cm³/mol. The van der Waals surface area contributed by atoms with Crippen LogP contribution in [0.15, 0.2) is 35.5 Å². The van der Waals surface area contributed by atoms with Gasteiger partial charge in [-0.3, -0.25) is 9.36 Å². The highest BCUT2D eigenvalue weighted by atomic mass is 32.2. The zero-order valence-electron chi connectivity index (χ0n) is 14.7. The molecule has 0 saturated heterocycles. The third kappa shape index (κ3) is 3.88. The van der Waals surface area contributed by atoms with Gasteiger partial charge in [0.2, 0.25) is 10.0 Å². The smallest absolute Gasteiger partial charge is 0.383 e. The van der Waals surface area contributed by atoms with Crippen molar-refractivity contribution >= 4 is 15.9 Å². The Bertz CT molecular complexity index is 988. The highest BCUT2D eigenvalue weighted by Crippen LogP contribution is 2.31. The molecule has 1 aromatic carbocycles. The second kappa shape index (κ2) is 7.53. The topological polar surface area (TPSA) is 93.5 Å². The zero-order chi connectivity index (χ0) is 20.5. The molecular weight excluding hydrogens is 401 g/mol. The molecule has 2 aromatic rings. The van der Waals surface area contributed by atoms with Crippen molar-refractivity contribution in [1.29, 1.82) is 0 Å². The molecule has 8 nitrogen and oxygen atoms in total. The zero-order valence-corrected chi connectivity index (χ0v) is 15.5. The number of hydrogen-bond acceptors (Lipinski definition) is 5. The van der Waals surface area contributed by atoms with Crippen LogP contribution in [-0.4, -0.2) is 61.2 Å². The normalized spacial score (nSPS) is 16.1. The van der Waals surface area contributed by atoms with Gasteiger partial charge in [-0.25, -0.2) is 13.4 Å². The Hall–Kier alpha value is -2.44. The lowest BCUT2D eigenvalue weighted by Crippen LogP contribution is -2.36. The first kappa shape index (κ1) is 20.3. The SMILES string of the molecule is COCCN1Cc2c(C(=O)NCC(F)(F)F)ncn2-c2ccccc2S1(=O)=O. The number of benzene rings is 1. The molecule has 12 heteroatoms. The average Bonchev–Trinajstić information content (AvgIpc) is 3.02. The van der Waals surface area contributed by atoms with Gasteiger partial charge in [-0.1, -0.05) is 12.1 Å². The van der Waals surface area contributed by atoms with Crippen molar-refractivity contribution in [3.05, 3.63) is 42.0 Å². The van der Waals surface area contributed by atoms with Crippen molar-refractivity contribution < 1.29 is 31.1 Å². The van der Waals surface area contributed by atoms with Crippen molar-refractivity contribution in [3.63, 3.8) is 0 Å². The first-order valence-electron chi connectivity index (χ1n) is 8.15. The molecule has 0 aliphatic carbocycles. The molecule has 0 bridgehead atoms. The molecule has 1 amide bonds. The van der Waals surface area contributed by atoms with Gasteiger partial charge in [0.15, 0.2) is 5.69 Å². The van der Waals surface area contributed by atoms with Crippen LogP contribution in [0.1, 0.15) is 16.2 Å². The fraction of sp³-hybridized carbons (Fsp3) is 0.375. The number of aromatic nitrogens is 2. The molecule has 0 fully saturated rings. The number of hydrogen-bond donors (Lipinski definition) is 1. The lowest BCUT2D eigenvalue weighted by Gasteiger charge is -2.20. The number of alkyl halides is 3. The molecule has 0 radical (unpaired) electrons. The highest BCUT2D eigenvalue weighted by molar-refractivity contribution is 7.89. The van der Waals surface area contributed by atoms with Crippen molar-refractivity contribution in [3.8, 4) is 5.69 Å². The lowest BCUT2D eigenvalue weighted by atomic mass is 10.2. The number of ether oxygens (including phenoxy) is 1. The average molecular weight is 418 g/mol. The van der Waals surface area contributed by atoms with Crippen molar-refractivity contribution in [2.75, 3.05) is 26.8 Å². The molecule has 0 atom stereocenters. The number of carbonyl (C=O) groups is 1. The second-order valence-corrected chi connectivity index (χ2v) is 7.91. The van der Waals surface area contributed by atoms with Gasteiger partial charge in [0, 0.05) is 13.7 Å². The van der Waals surface area contributed by atoms with Gasteiger partial charge in [0.1, 0.15) is 17.8 Å². The number of halogens is 3. The number of sulfonamides is 1. The van der Waals surface area contributed by atoms with Crippen LogP contribution in [-0.2, 0) is 21.3 Å². The van der Waals surface area contributed by atoms with Gasteiger partial charge in [0.25, 0.3) is 5.91 Å². The van der Waals surface area contributed by atoms with E-state index in [0.717, 1.165) is 4.31 Å². The summed E-state index contributed by atoms with van der Waals surface area (Å²) in [5, 5.41) is 1.77. The summed E-state index contributed by atoms with van der Waals surface area (Å²) in [6, 6.07) is 6.13. The van der Waals surface area contributed by atoms with Crippen molar-refractivity contribution in [2.24, 2.45) is 0 Å². The highest BCUT2D eigenvalue weighted by Gasteiger charge is 2.35. The number of fused-ring (bicyclic) bond motifs is 3. The second-order valence-electron chi connectivity index (χ2n) is 6.01. The summed E-state index contributed by atoms with van der Waals surface area (Å²) in [7, 11) is -2.50. The summed E-state index contributed by atoms with van der Waals surface area (Å²) in [6.07, 6.45) is -3.35. The lowest BCUT2D eigenvalue weighted by molar-refractivity contribution is -0.123. The molecule has 28 heavy (non-hydrogen) atoms. The van der Waals surface area contributed by atoms with Crippen LogP contribution in [0.4, 0.5) is 13.2 Å². The predicted octanol–water partition coefficient (Wildman–Crippen LogP) is 1.32. The molecule has 152 valence electrons. The molecule has 3 rings (SSSR count). The van der Waals surface area contributed by atoms with Gasteiger partial charge >= 0.3 is 6.18 Å². The van der Waals surface area contributed by atoms with Crippen molar-refractivity contribution in [2.45, 2.75) is 17.6 Å². The minimum absolute atomic E-state index is 0.00194. The van der Waals surface area contributed by atoms with Crippen LogP contribution in [0, 0.1) is 0 Å². The summed E-state index contributed by atoms with van der Waals surface area (Å²) >= 11 is 0. The van der Waals surface area contributed by atoms with Crippen LogP contribution in [0.3, 0.4) is 0 Å². The van der Waals surface area contributed by atoms with Crippen molar-refractivity contribution in [1.82, 2.24) is 19.2 Å². The summed E-state index contributed by atoms with van der Waals surface area (Å²) in [4.78, 5) is 16.2. The monoisotopic (exact) mass is 418 g/mol. The maximum Gasteiger partial charge on any atom is 0.405 e. The fourth-order valence-electron chi connectivity index (χ4n) is 2.84. The number of nitrogens with one attached hydrogen (secondary N) is 1. The maximum absolute atomic E-state index is 13.0. The van der Waals surface area contributed by atoms with E-state index >= 15 is 0 Å². The number of imidazole rings is 1. The van der Waals surface area contributed by atoms with E-state index in [1.807, 2.05) is 0 Å². The number of carbonyl (C=O) groups excluding carboxylic acids is 1. The molecule has 1 aliphatic heterocycles. The van der Waals surface area contributed by atoms with Crippen LogP contribution in [0.2, 0.25) is 0 Å². The van der Waals surface area contributed by atoms with E-state index in [4.69, 9.17) is 4.74 Å². The van der Waals surface area contributed by atoms with E-state index < -0.39 is 28.7 Å². The molecule has 0 spiro atoms. The molecule has 1 aromatic heterocycles. The molecule has 2 heterocycles. The van der Waals surface area contributed by atoms with E-state index in [1.165, 1.54) is 30.1 Å². The maximum atomic E-state index is 13.0. The van der Waals surface area contributed by atoms with Gasteiger partial charge in [0.05, 0.1) is 24.5 Å². The first-order chi connectivity index (χ1) is 13.1. The van der Waals surface area contributed by atoms with E-state index in [-0.39, 0.29) is 41.7 Å². The van der Waals surface area contributed by atoms with E-state index in [0.29, 0.717) is 0 Å². The van der Waals surface area contributed by atoms with Gasteiger partial charge < -0.3 is 10.1 Å². The van der Waals surface area contributed by atoms with Gasteiger partial charge in [-0.2, -0.15) is 17.5 Å². The molecule has 1 N–H and O–H groups in total. The standard InChI is InChI=1S/C16H17F3N4O4S/c1-27-7-6-22-8-12-14(15(24)20-9-16(17,18)19)21-10-23(12)11-4-2-3-5-13(11)28(22,25)26/h2-5,10H,6-9H2,1H3,(H,20,24). The quantitative estimate of drug-likeness (QED) is 0.791. The van der Waals surface area contributed by atoms with E-state index in [9.17, 15) is 26.4 Å². The largest absolute Gasteiger partial charge is 0.405 e. The summed E-state index contributed by atoms with van der Waals surface area (Å²) < 4.78 is 70.8. The van der Waals surface area contributed by atoms with Crippen LogP contribution in [0.5, 0.6) is 0 Å². The summed E-state index contributed by atoms with van der Waals surface area (Å²) in [5.41, 5.74) is 0.169. The van der Waals surface area contributed by atoms with E-state index in [2.05, 4.69) is 4.98 Å². The Labute approximate surface area is 159 Å². The minimum atomic E-state index is -4.58. The molecule has 0 saturated carbocycles. The number of nitrogens with zero attached hydrogens (tertiary/aromatic N) is 3. The number of methoxy groups -OCH3 is 1. The number of rotatable bonds is 5. The Morgan fingerprint density at radius 3 is 2.71 bits per heavy atom. The summed E-state index contributed by atoms with van der Waals surface area (Å²) in [6.45, 7) is -1.65. The van der Waals surface area contributed by atoms with Gasteiger partial charge in [-0.05, 0) is 12.1 Å². The Balaban J connectivity index is 2.07. The number of para-hydroxylation sites is 1. The van der Waals surface area contributed by atoms with Crippen LogP contribution >= 0.6 is 0 Å². The Morgan fingerprint density at radius 2 is 2.04 bits per heavy atom. The first-order valence-corrected chi connectivity index (χ1v) is 9.59. The van der Waals surface area contributed by atoms with Crippen LogP contribution < -0.4 is 5.32 Å². The summed E-state index contributed by atoms with van der Waals surface area (Å²) in [5.74, 6) is -1.03. The van der Waals surface area contributed by atoms with E-state index in [1.54, 1.807) is 17.4 Å². The fourth-order valence-corrected chi connectivity index (χ4v) is 4.41. The third-order valence-electron chi connectivity index (χ3n) is 4.14. The molecule has 1 aliphatic rings. The Kier molecular flexibility index (Phi) is 5.46. The minimum Gasteiger partial charge on any atom is -0.383 e. The van der Waals surface area contributed by atoms with Crippen LogP contribution in [0.25, 0.3) is 5.69 Å². The van der Waals surface area contributed by atoms with Gasteiger partial charge in [-0.15, -0.1) is 0 Å². The Morgan fingerprint density at radius 1 is 1.32 bits per heavy atom. The third-order valence-corrected chi connectivity index (χ3v) is 6.04. The number of amides is 1. The molecular formula is C16H17F3N4O4S.